The van der Waals surface area contributed by atoms with Crippen LogP contribution >= 0.6 is 0 Å². The van der Waals surface area contributed by atoms with E-state index in [1.54, 1.807) is 0 Å². The number of hydrogen-bond acceptors (Lipinski definition) is 3. The molecule has 2 aliphatic carbocycles. The molecule has 0 heterocycles. The zero-order valence-corrected chi connectivity index (χ0v) is 8.83. The summed E-state index contributed by atoms with van der Waals surface area (Å²) in [7, 11) is 1.38. The van der Waals surface area contributed by atoms with E-state index in [1.807, 2.05) is 19.9 Å². The molecule has 0 saturated heterocycles. The van der Waals surface area contributed by atoms with Crippen LogP contribution in [-0.2, 0) is 9.53 Å². The van der Waals surface area contributed by atoms with Gasteiger partial charge < -0.3 is 9.84 Å². The summed E-state index contributed by atoms with van der Waals surface area (Å²) in [6, 6.07) is 0. The predicted molar refractivity (Wildman–Crippen MR) is 51.7 cm³/mol. The van der Waals surface area contributed by atoms with Crippen LogP contribution in [0.1, 0.15) is 26.7 Å². The maximum Gasteiger partial charge on any atom is 0.320 e. The highest BCUT2D eigenvalue weighted by Crippen LogP contribution is 2.64. The first-order valence-corrected chi connectivity index (χ1v) is 4.96. The fourth-order valence-corrected chi connectivity index (χ4v) is 3.10. The molecule has 2 rings (SSSR count). The Labute approximate surface area is 83.8 Å². The Hall–Kier alpha value is -0.990. The van der Waals surface area contributed by atoms with Crippen molar-refractivity contribution in [2.24, 2.45) is 16.7 Å². The molecule has 0 spiro atoms. The van der Waals surface area contributed by atoms with Gasteiger partial charge in [-0.25, -0.2) is 0 Å². The average Bonchev–Trinajstić information content (AvgIpc) is 2.49. The molecule has 1 fully saturated rings. The minimum Gasteiger partial charge on any atom is -0.511 e. The number of esters is 1. The van der Waals surface area contributed by atoms with Gasteiger partial charge in [0.05, 0.1) is 7.11 Å². The van der Waals surface area contributed by atoms with Crippen LogP contribution < -0.4 is 0 Å². The van der Waals surface area contributed by atoms with Crippen molar-refractivity contribution in [1.82, 2.24) is 0 Å². The Morgan fingerprint density at radius 2 is 2.29 bits per heavy atom. The molecule has 2 bridgehead atoms. The zero-order valence-electron chi connectivity index (χ0n) is 8.83. The lowest BCUT2D eigenvalue weighted by atomic mass is 9.68. The van der Waals surface area contributed by atoms with E-state index in [9.17, 15) is 9.90 Å². The summed E-state index contributed by atoms with van der Waals surface area (Å²) in [5.41, 5.74) is -0.976. The first-order chi connectivity index (χ1) is 6.46. The Bertz CT molecular complexity index is 316. The topological polar surface area (TPSA) is 46.5 Å². The van der Waals surface area contributed by atoms with E-state index >= 15 is 0 Å². The van der Waals surface area contributed by atoms with Crippen molar-refractivity contribution < 1.29 is 14.6 Å². The number of aliphatic hydroxyl groups is 1. The standard InChI is InChI=1S/C11H16O3/c1-10(2)7-4-5-11(10,8(12)6-7)9(13)14-3/h6-7,12H,4-5H2,1-3H3/t7-,11+/m1/s1. The number of aliphatic hydroxyl groups excluding tert-OH is 1. The van der Waals surface area contributed by atoms with Crippen molar-refractivity contribution >= 4 is 5.97 Å². The van der Waals surface area contributed by atoms with Crippen LogP contribution in [0.3, 0.4) is 0 Å². The van der Waals surface area contributed by atoms with E-state index in [1.165, 1.54) is 7.11 Å². The highest BCUT2D eigenvalue weighted by Gasteiger charge is 2.65. The summed E-state index contributed by atoms with van der Waals surface area (Å²) in [5.74, 6) is 0.225. The van der Waals surface area contributed by atoms with Crippen LogP contribution in [0.25, 0.3) is 0 Å². The number of ether oxygens (including phenoxy) is 1. The lowest BCUT2D eigenvalue weighted by molar-refractivity contribution is -0.157. The maximum atomic E-state index is 11.8. The van der Waals surface area contributed by atoms with Gasteiger partial charge in [0.1, 0.15) is 11.2 Å². The van der Waals surface area contributed by atoms with Gasteiger partial charge in [0.25, 0.3) is 0 Å². The molecular formula is C11H16O3. The van der Waals surface area contributed by atoms with Gasteiger partial charge >= 0.3 is 5.97 Å². The van der Waals surface area contributed by atoms with Crippen molar-refractivity contribution in [2.45, 2.75) is 26.7 Å². The quantitative estimate of drug-likeness (QED) is 0.653. The monoisotopic (exact) mass is 196 g/mol. The molecule has 2 aliphatic rings. The number of methoxy groups -OCH3 is 1. The third-order valence-corrected chi connectivity index (χ3v) is 4.19. The number of hydrogen-bond donors (Lipinski definition) is 1. The van der Waals surface area contributed by atoms with Crippen LogP contribution in [0.5, 0.6) is 0 Å². The van der Waals surface area contributed by atoms with E-state index in [4.69, 9.17) is 4.74 Å². The van der Waals surface area contributed by atoms with Crippen LogP contribution in [0.2, 0.25) is 0 Å². The van der Waals surface area contributed by atoms with Crippen molar-refractivity contribution in [3.8, 4) is 0 Å². The second kappa shape index (κ2) is 2.53. The van der Waals surface area contributed by atoms with Crippen LogP contribution in [-0.4, -0.2) is 18.2 Å². The fourth-order valence-electron chi connectivity index (χ4n) is 3.10. The molecule has 3 heteroatoms. The Morgan fingerprint density at radius 1 is 1.64 bits per heavy atom. The normalized spacial score (nSPS) is 38.2. The highest BCUT2D eigenvalue weighted by molar-refractivity contribution is 5.82. The molecular weight excluding hydrogens is 180 g/mol. The lowest BCUT2D eigenvalue weighted by Crippen LogP contribution is -2.41. The summed E-state index contributed by atoms with van der Waals surface area (Å²) >= 11 is 0. The van der Waals surface area contributed by atoms with E-state index in [-0.39, 0.29) is 17.1 Å². The third-order valence-electron chi connectivity index (χ3n) is 4.19. The van der Waals surface area contributed by atoms with Crippen LogP contribution in [0.15, 0.2) is 11.8 Å². The minimum absolute atomic E-state index is 0.204. The number of rotatable bonds is 1. The maximum absolute atomic E-state index is 11.8. The molecule has 3 nitrogen and oxygen atoms in total. The predicted octanol–water partition coefficient (Wildman–Crippen LogP) is 2.04. The summed E-state index contributed by atoms with van der Waals surface area (Å²) in [6.45, 7) is 4.06. The molecule has 0 unspecified atom stereocenters. The molecule has 78 valence electrons. The molecule has 0 aliphatic heterocycles. The van der Waals surface area contributed by atoms with Crippen molar-refractivity contribution in [3.63, 3.8) is 0 Å². The first-order valence-electron chi connectivity index (χ1n) is 4.96. The minimum atomic E-state index is -0.771. The average molecular weight is 196 g/mol. The third kappa shape index (κ3) is 0.764. The lowest BCUT2D eigenvalue weighted by Gasteiger charge is -2.35. The van der Waals surface area contributed by atoms with Crippen molar-refractivity contribution in [3.05, 3.63) is 11.8 Å². The van der Waals surface area contributed by atoms with Crippen molar-refractivity contribution in [1.29, 1.82) is 0 Å². The number of fused-ring (bicyclic) bond motifs is 2. The Balaban J connectivity index is 2.51. The molecule has 0 amide bonds. The molecule has 0 aromatic carbocycles. The molecule has 2 atom stereocenters. The van der Waals surface area contributed by atoms with Crippen LogP contribution in [0.4, 0.5) is 0 Å². The second-order valence-electron chi connectivity index (χ2n) is 4.82. The van der Waals surface area contributed by atoms with Gasteiger partial charge in [-0.2, -0.15) is 0 Å². The van der Waals surface area contributed by atoms with Crippen molar-refractivity contribution in [2.75, 3.05) is 7.11 Å². The SMILES string of the molecule is COC(=O)[C@]12CC[C@H](C=C1O)C2(C)C. The van der Waals surface area contributed by atoms with Gasteiger partial charge in [-0.15, -0.1) is 0 Å². The summed E-state index contributed by atoms with van der Waals surface area (Å²) in [5, 5.41) is 9.87. The first kappa shape index (κ1) is 9.56. The Morgan fingerprint density at radius 3 is 2.64 bits per heavy atom. The summed E-state index contributed by atoms with van der Waals surface area (Å²) < 4.78 is 4.82. The molecule has 1 N–H and O–H groups in total. The smallest absolute Gasteiger partial charge is 0.320 e. The van der Waals surface area contributed by atoms with Gasteiger partial charge in [0, 0.05) is 0 Å². The van der Waals surface area contributed by atoms with Gasteiger partial charge in [-0.1, -0.05) is 13.8 Å². The van der Waals surface area contributed by atoms with Gasteiger partial charge in [-0.3, -0.25) is 4.79 Å². The van der Waals surface area contributed by atoms with E-state index in [2.05, 4.69) is 0 Å². The largest absolute Gasteiger partial charge is 0.511 e. The number of carbonyl (C=O) groups is 1. The molecule has 14 heavy (non-hydrogen) atoms. The summed E-state index contributed by atoms with van der Waals surface area (Å²) in [4.78, 5) is 11.8. The fraction of sp³-hybridized carbons (Fsp3) is 0.727. The van der Waals surface area contributed by atoms with E-state index in [0.29, 0.717) is 12.3 Å². The summed E-state index contributed by atoms with van der Waals surface area (Å²) in [6.07, 6.45) is 3.49. The Kier molecular flexibility index (Phi) is 1.72. The van der Waals surface area contributed by atoms with E-state index < -0.39 is 5.41 Å². The highest BCUT2D eigenvalue weighted by atomic mass is 16.5. The van der Waals surface area contributed by atoms with Gasteiger partial charge in [0.15, 0.2) is 0 Å². The van der Waals surface area contributed by atoms with Gasteiger partial charge in [0.2, 0.25) is 0 Å². The second-order valence-corrected chi connectivity index (χ2v) is 4.82. The van der Waals surface area contributed by atoms with E-state index in [0.717, 1.165) is 6.42 Å². The molecule has 0 aromatic heterocycles. The number of carbonyl (C=O) groups excluding carboxylic acids is 1. The molecule has 0 radical (unpaired) electrons. The number of allylic oxidation sites excluding steroid dienone is 1. The van der Waals surface area contributed by atoms with Crippen LogP contribution in [0, 0.1) is 16.7 Å². The molecule has 0 aromatic rings. The molecule has 1 saturated carbocycles. The zero-order chi connectivity index (χ0) is 10.6. The van der Waals surface area contributed by atoms with Gasteiger partial charge in [-0.05, 0) is 30.3 Å².